The number of hydrogen-bond donors (Lipinski definition) is 1. The number of pyridine rings is 1. The molecular formula is C24H23F2N3OS2. The van der Waals surface area contributed by atoms with Crippen molar-refractivity contribution in [2.24, 2.45) is 0 Å². The Bertz CT molecular complexity index is 1230. The number of alkyl halides is 2. The van der Waals surface area contributed by atoms with E-state index in [0.717, 1.165) is 11.4 Å². The van der Waals surface area contributed by atoms with Crippen molar-refractivity contribution in [2.45, 2.75) is 48.9 Å². The van der Waals surface area contributed by atoms with Crippen molar-refractivity contribution in [1.29, 1.82) is 0 Å². The highest BCUT2D eigenvalue weighted by Crippen LogP contribution is 2.33. The van der Waals surface area contributed by atoms with Crippen LogP contribution < -0.4 is 4.74 Å². The lowest BCUT2D eigenvalue weighted by molar-refractivity contribution is -0.0497. The van der Waals surface area contributed by atoms with E-state index in [1.165, 1.54) is 51.0 Å². The van der Waals surface area contributed by atoms with Gasteiger partial charge in [0, 0.05) is 28.7 Å². The molecule has 32 heavy (non-hydrogen) atoms. The summed E-state index contributed by atoms with van der Waals surface area (Å²) in [6.07, 6.45) is 1.92. The zero-order valence-corrected chi connectivity index (χ0v) is 19.6. The summed E-state index contributed by atoms with van der Waals surface area (Å²) in [4.78, 5) is 13.6. The average Bonchev–Trinajstić information content (AvgIpc) is 3.16. The van der Waals surface area contributed by atoms with Crippen LogP contribution >= 0.6 is 23.5 Å². The first-order valence-electron chi connectivity index (χ1n) is 10.1. The number of aromatic nitrogens is 3. The number of ether oxygens (including phenoxy) is 1. The smallest absolute Gasteiger partial charge is 0.387 e. The normalized spacial score (nSPS) is 11.4. The Morgan fingerprint density at radius 2 is 1.78 bits per heavy atom. The summed E-state index contributed by atoms with van der Waals surface area (Å²) in [5.74, 6) is 1.68. The Labute approximate surface area is 194 Å². The van der Waals surface area contributed by atoms with Crippen molar-refractivity contribution in [3.8, 4) is 5.75 Å². The fourth-order valence-electron chi connectivity index (χ4n) is 3.31. The molecule has 0 saturated carbocycles. The van der Waals surface area contributed by atoms with E-state index < -0.39 is 6.61 Å². The summed E-state index contributed by atoms with van der Waals surface area (Å²) in [5.41, 5.74) is 7.28. The highest BCUT2D eigenvalue weighted by atomic mass is 32.2. The van der Waals surface area contributed by atoms with Crippen molar-refractivity contribution >= 4 is 34.6 Å². The van der Waals surface area contributed by atoms with E-state index in [9.17, 15) is 8.78 Å². The number of rotatable bonds is 8. The third-order valence-corrected chi connectivity index (χ3v) is 7.33. The van der Waals surface area contributed by atoms with E-state index in [1.807, 2.05) is 18.0 Å². The van der Waals surface area contributed by atoms with Gasteiger partial charge in [-0.2, -0.15) is 8.78 Å². The van der Waals surface area contributed by atoms with Gasteiger partial charge in [-0.15, -0.1) is 11.8 Å². The molecule has 0 amide bonds. The Morgan fingerprint density at radius 3 is 2.53 bits per heavy atom. The first-order valence-corrected chi connectivity index (χ1v) is 12.1. The average molecular weight is 472 g/mol. The van der Waals surface area contributed by atoms with Gasteiger partial charge in [-0.3, -0.25) is 4.98 Å². The molecule has 0 aliphatic carbocycles. The molecule has 4 nitrogen and oxygen atoms in total. The fraction of sp³-hybridized carbons (Fsp3) is 0.250. The maximum Gasteiger partial charge on any atom is 0.387 e. The van der Waals surface area contributed by atoms with Gasteiger partial charge in [0.05, 0.1) is 16.7 Å². The molecule has 166 valence electrons. The van der Waals surface area contributed by atoms with Crippen molar-refractivity contribution in [3.63, 3.8) is 0 Å². The molecule has 2 aromatic heterocycles. The van der Waals surface area contributed by atoms with Crippen LogP contribution in [0.2, 0.25) is 0 Å². The number of benzene rings is 2. The lowest BCUT2D eigenvalue weighted by Gasteiger charge is -2.13. The third-order valence-electron chi connectivity index (χ3n) is 5.05. The number of thioether (sulfide) groups is 2. The zero-order valence-electron chi connectivity index (χ0n) is 18.0. The molecule has 1 N–H and O–H groups in total. The van der Waals surface area contributed by atoms with Gasteiger partial charge in [-0.1, -0.05) is 41.6 Å². The maximum atomic E-state index is 12.4. The first-order chi connectivity index (χ1) is 15.4. The molecule has 0 unspecified atom stereocenters. The highest BCUT2D eigenvalue weighted by Gasteiger charge is 2.13. The molecule has 0 fully saturated rings. The van der Waals surface area contributed by atoms with E-state index in [4.69, 9.17) is 0 Å². The number of aromatic amines is 1. The number of imidazole rings is 1. The third kappa shape index (κ3) is 5.42. The maximum absolute atomic E-state index is 12.4. The SMILES string of the molecule is Cc1ccc(CSc2c(C)cnc(CSc3nc4ccc(OC(F)F)cc4[nH]3)c2C)cc1. The minimum absolute atomic E-state index is 0.110. The van der Waals surface area contributed by atoms with Gasteiger partial charge >= 0.3 is 6.61 Å². The topological polar surface area (TPSA) is 50.8 Å². The second kappa shape index (κ2) is 9.92. The largest absolute Gasteiger partial charge is 0.435 e. The Kier molecular flexibility index (Phi) is 7.01. The first kappa shape index (κ1) is 22.6. The fourth-order valence-corrected chi connectivity index (χ4v) is 5.34. The van der Waals surface area contributed by atoms with Gasteiger partial charge in [0.2, 0.25) is 0 Å². The van der Waals surface area contributed by atoms with Gasteiger partial charge < -0.3 is 9.72 Å². The lowest BCUT2D eigenvalue weighted by Crippen LogP contribution is -2.01. The molecule has 2 aromatic carbocycles. The van der Waals surface area contributed by atoms with Crippen LogP contribution in [0, 0.1) is 20.8 Å². The van der Waals surface area contributed by atoms with Gasteiger partial charge in [0.15, 0.2) is 5.16 Å². The predicted molar refractivity (Wildman–Crippen MR) is 127 cm³/mol. The molecule has 0 aliphatic rings. The van der Waals surface area contributed by atoms with Crippen LogP contribution in [0.15, 0.2) is 58.7 Å². The molecule has 2 heterocycles. The second-order valence-corrected chi connectivity index (χ2v) is 9.45. The molecule has 4 rings (SSSR count). The second-order valence-electron chi connectivity index (χ2n) is 7.50. The monoisotopic (exact) mass is 471 g/mol. The summed E-state index contributed by atoms with van der Waals surface area (Å²) in [7, 11) is 0. The van der Waals surface area contributed by atoms with Gasteiger partial charge in [0.1, 0.15) is 5.75 Å². The van der Waals surface area contributed by atoms with E-state index in [1.54, 1.807) is 6.07 Å². The number of aryl methyl sites for hydroxylation is 2. The van der Waals surface area contributed by atoms with Crippen LogP contribution in [0.25, 0.3) is 11.0 Å². The molecule has 0 radical (unpaired) electrons. The number of fused-ring (bicyclic) bond motifs is 1. The van der Waals surface area contributed by atoms with Crippen LogP contribution in [-0.2, 0) is 11.5 Å². The van der Waals surface area contributed by atoms with E-state index >= 15 is 0 Å². The number of hydrogen-bond acceptors (Lipinski definition) is 5. The Morgan fingerprint density at radius 1 is 1.00 bits per heavy atom. The predicted octanol–water partition coefficient (Wildman–Crippen LogP) is 7.07. The van der Waals surface area contributed by atoms with Gasteiger partial charge in [-0.05, 0) is 49.6 Å². The number of nitrogens with one attached hydrogen (secondary N) is 1. The van der Waals surface area contributed by atoms with Crippen LogP contribution in [0.5, 0.6) is 5.75 Å². The zero-order chi connectivity index (χ0) is 22.7. The number of halogens is 2. The number of nitrogens with zero attached hydrogens (tertiary/aromatic N) is 2. The molecule has 0 bridgehead atoms. The van der Waals surface area contributed by atoms with E-state index in [0.29, 0.717) is 21.9 Å². The molecule has 0 spiro atoms. The van der Waals surface area contributed by atoms with E-state index in [2.05, 4.69) is 64.7 Å². The summed E-state index contributed by atoms with van der Waals surface area (Å²) in [5, 5.41) is 0.713. The Balaban J connectivity index is 1.46. The quantitative estimate of drug-likeness (QED) is 0.279. The van der Waals surface area contributed by atoms with Crippen LogP contribution in [0.3, 0.4) is 0 Å². The minimum Gasteiger partial charge on any atom is -0.435 e. The standard InChI is InChI=1S/C24H23F2N3OS2/c1-14-4-6-17(7-5-14)12-31-22-15(2)11-27-21(16(22)3)13-32-24-28-19-9-8-18(30-23(25)26)10-20(19)29-24/h4-11,23H,12-13H2,1-3H3,(H,28,29). The molecule has 8 heteroatoms. The molecule has 0 atom stereocenters. The Hall–Kier alpha value is -2.58. The number of H-pyrrole nitrogens is 1. The van der Waals surface area contributed by atoms with Crippen molar-refractivity contribution < 1.29 is 13.5 Å². The van der Waals surface area contributed by atoms with Crippen molar-refractivity contribution in [2.75, 3.05) is 0 Å². The minimum atomic E-state index is -2.85. The van der Waals surface area contributed by atoms with E-state index in [-0.39, 0.29) is 5.75 Å². The molecule has 0 saturated heterocycles. The highest BCUT2D eigenvalue weighted by molar-refractivity contribution is 7.98. The van der Waals surface area contributed by atoms with Crippen molar-refractivity contribution in [3.05, 3.63) is 76.6 Å². The van der Waals surface area contributed by atoms with Crippen LogP contribution in [0.1, 0.15) is 27.9 Å². The molecular weight excluding hydrogens is 448 g/mol. The van der Waals surface area contributed by atoms with Crippen LogP contribution in [0.4, 0.5) is 8.78 Å². The molecule has 4 aromatic rings. The summed E-state index contributed by atoms with van der Waals surface area (Å²) >= 11 is 3.37. The van der Waals surface area contributed by atoms with Gasteiger partial charge in [0.25, 0.3) is 0 Å². The van der Waals surface area contributed by atoms with Gasteiger partial charge in [-0.25, -0.2) is 4.98 Å². The molecule has 0 aliphatic heterocycles. The van der Waals surface area contributed by atoms with Crippen molar-refractivity contribution in [1.82, 2.24) is 15.0 Å². The lowest BCUT2D eigenvalue weighted by atomic mass is 10.2. The van der Waals surface area contributed by atoms with Crippen LogP contribution in [-0.4, -0.2) is 21.6 Å². The summed E-state index contributed by atoms with van der Waals surface area (Å²) < 4.78 is 29.3. The summed E-state index contributed by atoms with van der Waals surface area (Å²) in [6, 6.07) is 13.3. The summed E-state index contributed by atoms with van der Waals surface area (Å²) in [6.45, 7) is 3.45.